The lowest BCUT2D eigenvalue weighted by Gasteiger charge is -1.95. The molecular weight excluding hydrogens is 219 g/mol. The van der Waals surface area contributed by atoms with Gasteiger partial charge in [-0.2, -0.15) is 0 Å². The third kappa shape index (κ3) is 1.59. The maximum Gasteiger partial charge on any atom is 0.212 e. The fraction of sp³-hybridized carbons (Fsp3) is 0.250. The van der Waals surface area contributed by atoms with Crippen molar-refractivity contribution in [3.8, 4) is 0 Å². The molecule has 0 saturated heterocycles. The van der Waals surface area contributed by atoms with Gasteiger partial charge in [0.25, 0.3) is 0 Å². The van der Waals surface area contributed by atoms with Gasteiger partial charge in [-0.15, -0.1) is 0 Å². The van der Waals surface area contributed by atoms with Crippen molar-refractivity contribution in [1.29, 1.82) is 0 Å². The summed E-state index contributed by atoms with van der Waals surface area (Å²) in [6.07, 6.45) is 2.87. The third-order valence-electron chi connectivity index (χ3n) is 2.87. The molecule has 0 saturated carbocycles. The van der Waals surface area contributed by atoms with E-state index in [2.05, 4.69) is 15.3 Å². The van der Waals surface area contributed by atoms with Crippen LogP contribution in [0, 0.1) is 5.82 Å². The van der Waals surface area contributed by atoms with E-state index in [1.807, 2.05) is 23.7 Å². The Bertz CT molecular complexity index is 668. The summed E-state index contributed by atoms with van der Waals surface area (Å²) >= 11 is 0. The van der Waals surface area contributed by atoms with Crippen molar-refractivity contribution < 1.29 is 4.39 Å². The van der Waals surface area contributed by atoms with E-state index in [1.54, 1.807) is 6.07 Å². The fourth-order valence-electron chi connectivity index (χ4n) is 2.02. The van der Waals surface area contributed by atoms with E-state index in [-0.39, 0.29) is 5.82 Å². The van der Waals surface area contributed by atoms with Gasteiger partial charge in [-0.05, 0) is 19.2 Å². The molecule has 0 spiro atoms. The summed E-state index contributed by atoms with van der Waals surface area (Å²) in [6.45, 7) is 0.899. The van der Waals surface area contributed by atoms with Crippen molar-refractivity contribution in [3.63, 3.8) is 0 Å². The number of fused-ring (bicyclic) bond motifs is 3. The number of benzene rings is 1. The number of rotatable bonds is 3. The average molecular weight is 232 g/mol. The van der Waals surface area contributed by atoms with E-state index in [4.69, 9.17) is 0 Å². The summed E-state index contributed by atoms with van der Waals surface area (Å²) < 4.78 is 15.4. The molecule has 2 aromatic heterocycles. The van der Waals surface area contributed by atoms with Crippen LogP contribution in [0.4, 0.5) is 4.39 Å². The topological polar surface area (TPSA) is 45.1 Å². The molecule has 0 aliphatic heterocycles. The Balaban J connectivity index is 2.15. The highest BCUT2D eigenvalue weighted by molar-refractivity contribution is 5.80. The third-order valence-corrected chi connectivity index (χ3v) is 2.87. The molecule has 88 valence electrons. The van der Waals surface area contributed by atoms with Gasteiger partial charge in [0.05, 0.1) is 5.52 Å². The molecule has 2 heterocycles. The Morgan fingerprint density at radius 3 is 3.18 bits per heavy atom. The van der Waals surface area contributed by atoms with Crippen LogP contribution in [-0.4, -0.2) is 28.0 Å². The van der Waals surface area contributed by atoms with Crippen LogP contribution >= 0.6 is 0 Å². The standard InChI is InChI=1S/C12H13FN4/c1-14-6-5-8-7-17-10-4-2-3-9(13)11(10)16-12(17)15-8/h2-4,7,14H,5-6H2,1H3,(H,15,16). The number of para-hydroxylation sites is 1. The van der Waals surface area contributed by atoms with Crippen LogP contribution in [0.3, 0.4) is 0 Å². The van der Waals surface area contributed by atoms with Gasteiger partial charge in [-0.25, -0.2) is 9.37 Å². The lowest BCUT2D eigenvalue weighted by molar-refractivity contribution is 0.637. The molecule has 3 aromatic rings. The summed E-state index contributed by atoms with van der Waals surface area (Å²) in [4.78, 5) is 7.45. The first kappa shape index (κ1) is 10.3. The molecule has 0 fully saturated rings. The molecule has 0 amide bonds. The van der Waals surface area contributed by atoms with Crippen molar-refractivity contribution >= 4 is 16.8 Å². The second-order valence-electron chi connectivity index (χ2n) is 4.05. The van der Waals surface area contributed by atoms with Gasteiger partial charge in [0.15, 0.2) is 5.82 Å². The molecular formula is C12H13FN4. The number of nitrogens with one attached hydrogen (secondary N) is 2. The van der Waals surface area contributed by atoms with Crippen LogP contribution < -0.4 is 5.32 Å². The van der Waals surface area contributed by atoms with Gasteiger partial charge < -0.3 is 10.3 Å². The maximum atomic E-state index is 13.5. The van der Waals surface area contributed by atoms with Gasteiger partial charge in [-0.1, -0.05) is 6.07 Å². The number of H-pyrrole nitrogens is 1. The van der Waals surface area contributed by atoms with Crippen LogP contribution in [0.1, 0.15) is 5.69 Å². The first-order chi connectivity index (χ1) is 8.29. The number of hydrogen-bond acceptors (Lipinski definition) is 2. The van der Waals surface area contributed by atoms with Crippen molar-refractivity contribution in [2.45, 2.75) is 6.42 Å². The largest absolute Gasteiger partial charge is 0.327 e. The summed E-state index contributed by atoms with van der Waals surface area (Å²) in [5.41, 5.74) is 2.30. The first-order valence-corrected chi connectivity index (χ1v) is 5.58. The van der Waals surface area contributed by atoms with E-state index in [0.29, 0.717) is 11.3 Å². The van der Waals surface area contributed by atoms with E-state index in [1.165, 1.54) is 6.07 Å². The van der Waals surface area contributed by atoms with Crippen LogP contribution in [0.25, 0.3) is 16.8 Å². The van der Waals surface area contributed by atoms with Gasteiger partial charge in [-0.3, -0.25) is 4.40 Å². The number of hydrogen-bond donors (Lipinski definition) is 2. The van der Waals surface area contributed by atoms with Gasteiger partial charge in [0.2, 0.25) is 5.78 Å². The van der Waals surface area contributed by atoms with Crippen molar-refractivity contribution in [2.75, 3.05) is 13.6 Å². The molecule has 0 aliphatic carbocycles. The zero-order valence-electron chi connectivity index (χ0n) is 9.50. The lowest BCUT2D eigenvalue weighted by atomic mass is 10.3. The highest BCUT2D eigenvalue weighted by atomic mass is 19.1. The zero-order chi connectivity index (χ0) is 11.8. The van der Waals surface area contributed by atoms with Crippen LogP contribution in [0.15, 0.2) is 24.4 Å². The minimum atomic E-state index is -0.281. The molecule has 0 unspecified atom stereocenters. The number of likely N-dealkylation sites (N-methyl/N-ethyl adjacent to an activating group) is 1. The van der Waals surface area contributed by atoms with E-state index >= 15 is 0 Å². The van der Waals surface area contributed by atoms with Gasteiger partial charge >= 0.3 is 0 Å². The molecule has 3 rings (SSSR count). The minimum Gasteiger partial charge on any atom is -0.327 e. The Hall–Kier alpha value is -1.88. The Labute approximate surface area is 97.5 Å². The highest BCUT2D eigenvalue weighted by Crippen LogP contribution is 2.19. The molecule has 1 aromatic carbocycles. The van der Waals surface area contributed by atoms with E-state index < -0.39 is 0 Å². The van der Waals surface area contributed by atoms with E-state index in [9.17, 15) is 4.39 Å². The van der Waals surface area contributed by atoms with Crippen LogP contribution in [0.5, 0.6) is 0 Å². The van der Waals surface area contributed by atoms with Crippen molar-refractivity contribution in [2.24, 2.45) is 0 Å². The maximum absolute atomic E-state index is 13.5. The fourth-order valence-corrected chi connectivity index (χ4v) is 2.02. The molecule has 0 aliphatic rings. The molecule has 2 N–H and O–H groups in total. The smallest absolute Gasteiger partial charge is 0.212 e. The molecule has 17 heavy (non-hydrogen) atoms. The average Bonchev–Trinajstić information content (AvgIpc) is 2.85. The Morgan fingerprint density at radius 2 is 2.35 bits per heavy atom. The Kier molecular flexibility index (Phi) is 2.33. The summed E-state index contributed by atoms with van der Waals surface area (Å²) in [7, 11) is 1.92. The lowest BCUT2D eigenvalue weighted by Crippen LogP contribution is -2.10. The number of halogens is 1. The number of imidazole rings is 2. The zero-order valence-corrected chi connectivity index (χ0v) is 9.50. The monoisotopic (exact) mass is 232 g/mol. The molecule has 0 bridgehead atoms. The second kappa shape index (κ2) is 3.85. The van der Waals surface area contributed by atoms with Gasteiger partial charge in [0, 0.05) is 24.9 Å². The summed E-state index contributed by atoms with van der Waals surface area (Å²) in [5, 5.41) is 3.09. The predicted molar refractivity (Wildman–Crippen MR) is 64.6 cm³/mol. The number of aromatic nitrogens is 3. The van der Waals surface area contributed by atoms with Crippen LogP contribution in [0.2, 0.25) is 0 Å². The first-order valence-electron chi connectivity index (χ1n) is 5.58. The molecule has 5 heteroatoms. The quantitative estimate of drug-likeness (QED) is 0.722. The molecule has 0 atom stereocenters. The summed E-state index contributed by atoms with van der Waals surface area (Å²) in [6, 6.07) is 5.00. The van der Waals surface area contributed by atoms with Gasteiger partial charge in [0.1, 0.15) is 5.52 Å². The highest BCUT2D eigenvalue weighted by Gasteiger charge is 2.10. The normalized spacial score (nSPS) is 11.6. The minimum absolute atomic E-state index is 0.281. The number of nitrogens with zero attached hydrogens (tertiary/aromatic N) is 2. The SMILES string of the molecule is CNCCc1cn2c(nc3c(F)cccc32)[nH]1. The number of aromatic amines is 1. The van der Waals surface area contributed by atoms with E-state index in [0.717, 1.165) is 24.2 Å². The van der Waals surface area contributed by atoms with Crippen molar-refractivity contribution in [1.82, 2.24) is 19.7 Å². The summed E-state index contributed by atoms with van der Waals surface area (Å²) in [5.74, 6) is 0.410. The predicted octanol–water partition coefficient (Wildman–Crippen LogP) is 1.72. The second-order valence-corrected chi connectivity index (χ2v) is 4.05. The Morgan fingerprint density at radius 1 is 1.47 bits per heavy atom. The molecule has 0 radical (unpaired) electrons. The molecule has 4 nitrogen and oxygen atoms in total. The van der Waals surface area contributed by atoms with Crippen LogP contribution in [-0.2, 0) is 6.42 Å². The van der Waals surface area contributed by atoms with Crippen molar-refractivity contribution in [3.05, 3.63) is 35.9 Å².